The van der Waals surface area contributed by atoms with Crippen molar-refractivity contribution in [1.29, 1.82) is 0 Å². The minimum Gasteiger partial charge on any atom is -0.394 e. The Bertz CT molecular complexity index is 589. The molecule has 0 aliphatic heterocycles. The van der Waals surface area contributed by atoms with Crippen molar-refractivity contribution in [2.75, 3.05) is 11.1 Å². The van der Waals surface area contributed by atoms with Gasteiger partial charge in [0.2, 0.25) is 0 Å². The van der Waals surface area contributed by atoms with Gasteiger partial charge in [0, 0.05) is 17.2 Å². The van der Waals surface area contributed by atoms with Crippen LogP contribution < -0.4 is 11.1 Å². The standard InChI is InChI=1S/C14H19BrN4/c1-4-5-11-13(16)14(19(3)18-11)17-12-8-10(15)7-6-9(12)2/h6-8,17H,4-5,16H2,1-3H3. The fraction of sp³-hybridized carbons (Fsp3) is 0.357. The Morgan fingerprint density at radius 2 is 2.16 bits per heavy atom. The van der Waals surface area contributed by atoms with E-state index < -0.39 is 0 Å². The van der Waals surface area contributed by atoms with Crippen LogP contribution in [-0.4, -0.2) is 9.78 Å². The Morgan fingerprint density at radius 3 is 2.84 bits per heavy atom. The lowest BCUT2D eigenvalue weighted by molar-refractivity contribution is 0.740. The fourth-order valence-corrected chi connectivity index (χ4v) is 2.38. The maximum absolute atomic E-state index is 6.17. The SMILES string of the molecule is CCCc1nn(C)c(Nc2cc(Br)ccc2C)c1N. The highest BCUT2D eigenvalue weighted by Crippen LogP contribution is 2.29. The molecule has 0 saturated heterocycles. The molecule has 1 heterocycles. The summed E-state index contributed by atoms with van der Waals surface area (Å²) >= 11 is 3.48. The number of halogens is 1. The van der Waals surface area contributed by atoms with Crippen molar-refractivity contribution in [2.24, 2.45) is 7.05 Å². The van der Waals surface area contributed by atoms with Crippen LogP contribution in [0.25, 0.3) is 0 Å². The van der Waals surface area contributed by atoms with Crippen molar-refractivity contribution < 1.29 is 0 Å². The van der Waals surface area contributed by atoms with Crippen molar-refractivity contribution in [2.45, 2.75) is 26.7 Å². The second-order valence-electron chi connectivity index (χ2n) is 4.67. The molecule has 0 unspecified atom stereocenters. The van der Waals surface area contributed by atoms with Crippen LogP contribution in [0.2, 0.25) is 0 Å². The molecule has 4 nitrogen and oxygen atoms in total. The van der Waals surface area contributed by atoms with Gasteiger partial charge >= 0.3 is 0 Å². The van der Waals surface area contributed by atoms with Crippen molar-refractivity contribution in [1.82, 2.24) is 9.78 Å². The van der Waals surface area contributed by atoms with Crippen LogP contribution in [0.4, 0.5) is 17.2 Å². The van der Waals surface area contributed by atoms with E-state index in [4.69, 9.17) is 5.73 Å². The number of anilines is 3. The van der Waals surface area contributed by atoms with Crippen molar-refractivity contribution >= 4 is 33.1 Å². The number of benzene rings is 1. The molecule has 2 aromatic rings. The second-order valence-corrected chi connectivity index (χ2v) is 5.58. The number of nitrogen functional groups attached to an aromatic ring is 1. The van der Waals surface area contributed by atoms with Crippen LogP contribution in [-0.2, 0) is 13.5 Å². The highest BCUT2D eigenvalue weighted by Gasteiger charge is 2.13. The Kier molecular flexibility index (Phi) is 4.14. The Hall–Kier alpha value is -1.49. The number of hydrogen-bond acceptors (Lipinski definition) is 3. The summed E-state index contributed by atoms with van der Waals surface area (Å²) in [5.41, 5.74) is 10.1. The number of rotatable bonds is 4. The van der Waals surface area contributed by atoms with Crippen molar-refractivity contribution in [3.05, 3.63) is 33.9 Å². The number of nitrogens with two attached hydrogens (primary N) is 1. The maximum atomic E-state index is 6.17. The van der Waals surface area contributed by atoms with Crippen LogP contribution in [0.15, 0.2) is 22.7 Å². The third-order valence-electron chi connectivity index (χ3n) is 3.10. The first-order chi connectivity index (χ1) is 9.02. The molecule has 2 rings (SSSR count). The van der Waals surface area contributed by atoms with Gasteiger partial charge in [-0.15, -0.1) is 0 Å². The quantitative estimate of drug-likeness (QED) is 0.900. The lowest BCUT2D eigenvalue weighted by Gasteiger charge is -2.11. The summed E-state index contributed by atoms with van der Waals surface area (Å²) in [6.07, 6.45) is 1.94. The molecule has 1 aromatic heterocycles. The summed E-state index contributed by atoms with van der Waals surface area (Å²) in [4.78, 5) is 0. The lowest BCUT2D eigenvalue weighted by Crippen LogP contribution is -2.02. The summed E-state index contributed by atoms with van der Waals surface area (Å²) in [7, 11) is 1.91. The van der Waals surface area contributed by atoms with Gasteiger partial charge in [-0.3, -0.25) is 4.68 Å². The molecule has 1 aromatic carbocycles. The molecular formula is C14H19BrN4. The molecule has 0 saturated carbocycles. The van der Waals surface area contributed by atoms with Gasteiger partial charge in [-0.2, -0.15) is 5.10 Å². The first-order valence-corrected chi connectivity index (χ1v) is 7.16. The molecule has 0 fully saturated rings. The van der Waals surface area contributed by atoms with Gasteiger partial charge < -0.3 is 11.1 Å². The topological polar surface area (TPSA) is 55.9 Å². The van der Waals surface area contributed by atoms with Gasteiger partial charge in [0.05, 0.1) is 11.4 Å². The maximum Gasteiger partial charge on any atom is 0.152 e. The molecular weight excluding hydrogens is 304 g/mol. The van der Waals surface area contributed by atoms with Gasteiger partial charge in [-0.1, -0.05) is 35.3 Å². The molecule has 19 heavy (non-hydrogen) atoms. The Balaban J connectivity index is 2.35. The molecule has 102 valence electrons. The van der Waals surface area contributed by atoms with E-state index in [1.165, 1.54) is 5.56 Å². The normalized spacial score (nSPS) is 10.7. The van der Waals surface area contributed by atoms with Crippen molar-refractivity contribution in [3.8, 4) is 0 Å². The van der Waals surface area contributed by atoms with E-state index in [0.717, 1.165) is 40.2 Å². The zero-order valence-electron chi connectivity index (χ0n) is 11.5. The zero-order chi connectivity index (χ0) is 14.0. The van der Waals surface area contributed by atoms with E-state index >= 15 is 0 Å². The highest BCUT2D eigenvalue weighted by atomic mass is 79.9. The predicted molar refractivity (Wildman–Crippen MR) is 83.8 cm³/mol. The Labute approximate surface area is 122 Å². The first-order valence-electron chi connectivity index (χ1n) is 6.37. The average molecular weight is 323 g/mol. The van der Waals surface area contributed by atoms with E-state index in [-0.39, 0.29) is 0 Å². The molecule has 0 atom stereocenters. The molecule has 0 radical (unpaired) electrons. The van der Waals surface area contributed by atoms with E-state index in [9.17, 15) is 0 Å². The second kappa shape index (κ2) is 5.65. The minimum absolute atomic E-state index is 0.740. The molecule has 0 aliphatic carbocycles. The van der Waals surface area contributed by atoms with Gasteiger partial charge in [-0.25, -0.2) is 0 Å². The molecule has 0 spiro atoms. The van der Waals surface area contributed by atoms with E-state index in [0.29, 0.717) is 0 Å². The monoisotopic (exact) mass is 322 g/mol. The summed E-state index contributed by atoms with van der Waals surface area (Å²) in [6, 6.07) is 6.13. The van der Waals surface area contributed by atoms with Crippen molar-refractivity contribution in [3.63, 3.8) is 0 Å². The van der Waals surface area contributed by atoms with Crippen LogP contribution in [0.1, 0.15) is 24.6 Å². The van der Waals surface area contributed by atoms with Gasteiger partial charge in [0.15, 0.2) is 5.82 Å². The van der Waals surface area contributed by atoms with E-state index in [2.05, 4.69) is 46.3 Å². The van der Waals surface area contributed by atoms with Crippen LogP contribution >= 0.6 is 15.9 Å². The van der Waals surface area contributed by atoms with Gasteiger partial charge in [-0.05, 0) is 31.0 Å². The average Bonchev–Trinajstić information content (AvgIpc) is 2.62. The van der Waals surface area contributed by atoms with Gasteiger partial charge in [0.1, 0.15) is 0 Å². The molecule has 0 bridgehead atoms. The number of nitrogens with one attached hydrogen (secondary N) is 1. The number of aromatic nitrogens is 2. The van der Waals surface area contributed by atoms with Crippen LogP contribution in [0.3, 0.4) is 0 Å². The molecule has 0 aliphatic rings. The van der Waals surface area contributed by atoms with Gasteiger partial charge in [0.25, 0.3) is 0 Å². The molecule has 0 amide bonds. The Morgan fingerprint density at radius 1 is 1.42 bits per heavy atom. The molecule has 5 heteroatoms. The molecule has 3 N–H and O–H groups in total. The highest BCUT2D eigenvalue weighted by molar-refractivity contribution is 9.10. The van der Waals surface area contributed by atoms with Crippen LogP contribution in [0.5, 0.6) is 0 Å². The smallest absolute Gasteiger partial charge is 0.152 e. The number of hydrogen-bond donors (Lipinski definition) is 2. The van der Waals surface area contributed by atoms with E-state index in [1.807, 2.05) is 19.2 Å². The first kappa shape index (κ1) is 13.9. The van der Waals surface area contributed by atoms with E-state index in [1.54, 1.807) is 4.68 Å². The minimum atomic E-state index is 0.740. The lowest BCUT2D eigenvalue weighted by atomic mass is 10.2. The number of nitrogens with zero attached hydrogens (tertiary/aromatic N) is 2. The summed E-state index contributed by atoms with van der Waals surface area (Å²) < 4.78 is 2.84. The zero-order valence-corrected chi connectivity index (χ0v) is 13.1. The number of aryl methyl sites for hydroxylation is 3. The largest absolute Gasteiger partial charge is 0.394 e. The third-order valence-corrected chi connectivity index (χ3v) is 3.59. The third kappa shape index (κ3) is 2.92. The predicted octanol–water partition coefficient (Wildman–Crippen LogP) is 3.77. The summed E-state index contributed by atoms with van der Waals surface area (Å²) in [5.74, 6) is 0.852. The van der Waals surface area contributed by atoms with Crippen LogP contribution in [0, 0.1) is 6.92 Å². The summed E-state index contributed by atoms with van der Waals surface area (Å²) in [6.45, 7) is 4.19. The fourth-order valence-electron chi connectivity index (χ4n) is 2.02. The summed E-state index contributed by atoms with van der Waals surface area (Å²) in [5, 5.41) is 7.84.